The number of H-pyrrole nitrogens is 1. The third kappa shape index (κ3) is 3.71. The Hall–Kier alpha value is -2.74. The Kier molecular flexibility index (Phi) is 5.36. The van der Waals surface area contributed by atoms with E-state index in [2.05, 4.69) is 9.97 Å². The van der Waals surface area contributed by atoms with Gasteiger partial charge >= 0.3 is 0 Å². The molecule has 0 aliphatic carbocycles. The molecule has 158 valence electrons. The van der Waals surface area contributed by atoms with Crippen LogP contribution in [0.2, 0.25) is 0 Å². The van der Waals surface area contributed by atoms with Crippen molar-refractivity contribution in [2.24, 2.45) is 0 Å². The van der Waals surface area contributed by atoms with Crippen LogP contribution < -0.4 is 10.5 Å². The van der Waals surface area contributed by atoms with E-state index in [9.17, 15) is 17.6 Å². The van der Waals surface area contributed by atoms with Gasteiger partial charge in [0.2, 0.25) is 0 Å². The van der Waals surface area contributed by atoms with E-state index in [-0.39, 0.29) is 16.3 Å². The van der Waals surface area contributed by atoms with Crippen LogP contribution in [0.1, 0.15) is 30.9 Å². The first-order valence-corrected chi connectivity index (χ1v) is 11.6. The number of aromatic amines is 1. The number of nitrogens with one attached hydrogen (secondary N) is 1. The van der Waals surface area contributed by atoms with Crippen LogP contribution in [-0.4, -0.2) is 36.7 Å². The summed E-state index contributed by atoms with van der Waals surface area (Å²) in [5.74, 6) is -0.287. The molecule has 0 atom stereocenters. The fourth-order valence-electron chi connectivity index (χ4n) is 3.99. The number of rotatable bonds is 4. The van der Waals surface area contributed by atoms with E-state index in [1.54, 1.807) is 12.1 Å². The smallest absolute Gasteiger partial charge is 0.251 e. The number of hydrogen-bond acceptors (Lipinski definition) is 5. The number of sulfone groups is 1. The van der Waals surface area contributed by atoms with Crippen LogP contribution in [0, 0.1) is 12.7 Å². The highest BCUT2D eigenvalue weighted by Gasteiger charge is 2.32. The third-order valence-corrected chi connectivity index (χ3v) is 8.01. The van der Waals surface area contributed by atoms with Crippen LogP contribution in [0.15, 0.2) is 46.2 Å². The number of fused-ring (bicyclic) bond motifs is 1. The zero-order valence-corrected chi connectivity index (χ0v) is 17.8. The summed E-state index contributed by atoms with van der Waals surface area (Å²) < 4.78 is 40.6. The van der Waals surface area contributed by atoms with Crippen LogP contribution in [0.25, 0.3) is 11.0 Å². The van der Waals surface area contributed by atoms with E-state index in [4.69, 9.17) is 0 Å². The minimum absolute atomic E-state index is 0.106. The molecule has 0 spiro atoms. The Bertz CT molecular complexity index is 1260. The molecule has 0 amide bonds. The highest BCUT2D eigenvalue weighted by atomic mass is 32.2. The first-order valence-electron chi connectivity index (χ1n) is 10.1. The maximum Gasteiger partial charge on any atom is 0.251 e. The Morgan fingerprint density at radius 3 is 2.60 bits per heavy atom. The predicted octanol–water partition coefficient (Wildman–Crippen LogP) is 3.38. The van der Waals surface area contributed by atoms with Gasteiger partial charge in [0.25, 0.3) is 5.56 Å². The zero-order valence-electron chi connectivity index (χ0n) is 17.0. The van der Waals surface area contributed by atoms with E-state index in [0.717, 1.165) is 5.56 Å². The minimum atomic E-state index is -3.61. The SMILES string of the molecule is CCc1cc2ncc(S(=O)(=O)C3CCN(c4ccc(C)cc4F)CC3)cc2[nH]c1=O. The van der Waals surface area contributed by atoms with Crippen molar-refractivity contribution in [3.63, 3.8) is 0 Å². The topological polar surface area (TPSA) is 83.1 Å². The lowest BCUT2D eigenvalue weighted by Crippen LogP contribution is -2.39. The average Bonchev–Trinajstić information content (AvgIpc) is 2.73. The monoisotopic (exact) mass is 429 g/mol. The van der Waals surface area contributed by atoms with Crippen LogP contribution in [0.3, 0.4) is 0 Å². The lowest BCUT2D eigenvalue weighted by Gasteiger charge is -2.33. The summed E-state index contributed by atoms with van der Waals surface area (Å²) in [6, 6.07) is 8.27. The Labute approximate surface area is 174 Å². The van der Waals surface area contributed by atoms with E-state index in [1.807, 2.05) is 24.8 Å². The van der Waals surface area contributed by atoms with Gasteiger partial charge in [-0.15, -0.1) is 0 Å². The van der Waals surface area contributed by atoms with Gasteiger partial charge in [-0.25, -0.2) is 12.8 Å². The molecule has 1 saturated heterocycles. The molecule has 30 heavy (non-hydrogen) atoms. The number of anilines is 1. The zero-order chi connectivity index (χ0) is 21.5. The third-order valence-electron chi connectivity index (χ3n) is 5.78. The first kappa shape index (κ1) is 20.5. The lowest BCUT2D eigenvalue weighted by atomic mass is 10.1. The molecular formula is C22H24FN3O3S. The van der Waals surface area contributed by atoms with Crippen molar-refractivity contribution in [1.82, 2.24) is 9.97 Å². The Morgan fingerprint density at radius 2 is 1.93 bits per heavy atom. The Balaban J connectivity index is 1.56. The first-order chi connectivity index (χ1) is 14.3. The quantitative estimate of drug-likeness (QED) is 0.688. The summed E-state index contributed by atoms with van der Waals surface area (Å²) >= 11 is 0. The molecule has 2 aromatic heterocycles. The lowest BCUT2D eigenvalue weighted by molar-refractivity contribution is 0.523. The molecule has 1 aliphatic heterocycles. The molecule has 1 N–H and O–H groups in total. The van der Waals surface area contributed by atoms with Crippen molar-refractivity contribution >= 4 is 26.6 Å². The minimum Gasteiger partial charge on any atom is -0.369 e. The second kappa shape index (κ2) is 7.83. The highest BCUT2D eigenvalue weighted by molar-refractivity contribution is 7.92. The summed E-state index contributed by atoms with van der Waals surface area (Å²) in [6.07, 6.45) is 2.74. The number of pyridine rings is 2. The number of nitrogens with zero attached hydrogens (tertiary/aromatic N) is 2. The summed E-state index contributed by atoms with van der Waals surface area (Å²) in [6.45, 7) is 4.63. The predicted molar refractivity (Wildman–Crippen MR) is 115 cm³/mol. The molecular weight excluding hydrogens is 405 g/mol. The number of aromatic nitrogens is 2. The second-order valence-corrected chi connectivity index (χ2v) is 10.00. The van der Waals surface area contributed by atoms with E-state index in [1.165, 1.54) is 18.3 Å². The highest BCUT2D eigenvalue weighted by Crippen LogP contribution is 2.29. The van der Waals surface area contributed by atoms with E-state index < -0.39 is 15.1 Å². The van der Waals surface area contributed by atoms with Gasteiger partial charge in [-0.2, -0.15) is 0 Å². The summed E-state index contributed by atoms with van der Waals surface area (Å²) in [5.41, 5.74) is 2.72. The normalized spacial score (nSPS) is 15.6. The van der Waals surface area contributed by atoms with Crippen LogP contribution in [0.5, 0.6) is 0 Å². The molecule has 0 radical (unpaired) electrons. The molecule has 1 fully saturated rings. The van der Waals surface area contributed by atoms with Gasteiger partial charge in [0.05, 0.1) is 26.9 Å². The molecule has 0 saturated carbocycles. The average molecular weight is 430 g/mol. The van der Waals surface area contributed by atoms with Crippen molar-refractivity contribution in [3.05, 3.63) is 63.8 Å². The molecule has 8 heteroatoms. The maximum absolute atomic E-state index is 14.3. The van der Waals surface area contributed by atoms with Crippen molar-refractivity contribution < 1.29 is 12.8 Å². The van der Waals surface area contributed by atoms with Crippen molar-refractivity contribution in [3.8, 4) is 0 Å². The fraction of sp³-hybridized carbons (Fsp3) is 0.364. The number of piperidine rings is 1. The second-order valence-electron chi connectivity index (χ2n) is 7.77. The number of halogens is 1. The van der Waals surface area contributed by atoms with Crippen LogP contribution >= 0.6 is 0 Å². The van der Waals surface area contributed by atoms with Gasteiger partial charge in [-0.3, -0.25) is 9.78 Å². The van der Waals surface area contributed by atoms with Gasteiger partial charge in [-0.05, 0) is 56.0 Å². The Morgan fingerprint density at radius 1 is 1.20 bits per heavy atom. The molecule has 3 heterocycles. The standard InChI is InChI=1S/C22H24FN3O3S/c1-3-15-11-19-20(25-22(15)27)12-17(13-24-19)30(28,29)16-6-8-26(9-7-16)21-5-4-14(2)10-18(21)23/h4-5,10-13,16H,3,6-9H2,1-2H3,(H,25,27). The van der Waals surface area contributed by atoms with Gasteiger partial charge in [0.15, 0.2) is 9.84 Å². The van der Waals surface area contributed by atoms with Crippen molar-refractivity contribution in [2.75, 3.05) is 18.0 Å². The molecule has 1 aliphatic rings. The molecule has 3 aromatic rings. The molecule has 1 aromatic carbocycles. The summed E-state index contributed by atoms with van der Waals surface area (Å²) in [7, 11) is -3.61. The van der Waals surface area contributed by atoms with E-state index in [0.29, 0.717) is 54.6 Å². The van der Waals surface area contributed by atoms with Crippen molar-refractivity contribution in [1.29, 1.82) is 0 Å². The number of benzene rings is 1. The largest absolute Gasteiger partial charge is 0.369 e. The van der Waals surface area contributed by atoms with E-state index >= 15 is 0 Å². The molecule has 0 unspecified atom stereocenters. The van der Waals surface area contributed by atoms with Crippen LogP contribution in [-0.2, 0) is 16.3 Å². The number of aryl methyl sites for hydroxylation is 2. The van der Waals surface area contributed by atoms with Gasteiger partial charge in [0.1, 0.15) is 5.82 Å². The summed E-state index contributed by atoms with van der Waals surface area (Å²) in [4.78, 5) is 21.1. The van der Waals surface area contributed by atoms with Crippen molar-refractivity contribution in [2.45, 2.75) is 43.3 Å². The molecule has 6 nitrogen and oxygen atoms in total. The molecule has 0 bridgehead atoms. The fourth-order valence-corrected chi connectivity index (χ4v) is 5.69. The van der Waals surface area contributed by atoms with Gasteiger partial charge in [-0.1, -0.05) is 13.0 Å². The number of hydrogen-bond donors (Lipinski definition) is 1. The maximum atomic E-state index is 14.3. The summed E-state index contributed by atoms with van der Waals surface area (Å²) in [5, 5.41) is -0.567. The van der Waals surface area contributed by atoms with Gasteiger partial charge < -0.3 is 9.88 Å². The van der Waals surface area contributed by atoms with Gasteiger partial charge in [0, 0.05) is 24.8 Å². The van der Waals surface area contributed by atoms with Crippen LogP contribution in [0.4, 0.5) is 10.1 Å². The molecule has 4 rings (SSSR count).